The van der Waals surface area contributed by atoms with E-state index in [0.29, 0.717) is 47.3 Å². The Bertz CT molecular complexity index is 1920. The number of rotatable bonds is 12. The number of thiophene rings is 1. The van der Waals surface area contributed by atoms with E-state index in [2.05, 4.69) is 15.0 Å². The standard InChI is InChI=1S/C31H32ClF4N5O8S2/c1-47-28-21(40-9-3-2-4-27(40)42)14-18(33)15-25(28)51(45,46)41(31(34,35)30(44)48-36)22(29(43)39-12-10-38(11-13-39)20-5-6-20)16-19-17-23(49-37-19)24-7-8-26(32)50-24/h7-8,14-15,17,20,22H,2-6,9-13,16H2,1H3/t22-/m0/s1. The van der Waals surface area contributed by atoms with Crippen molar-refractivity contribution in [2.24, 2.45) is 0 Å². The van der Waals surface area contributed by atoms with Gasteiger partial charge in [-0.1, -0.05) is 16.8 Å². The van der Waals surface area contributed by atoms with Crippen molar-refractivity contribution in [3.63, 3.8) is 0 Å². The summed E-state index contributed by atoms with van der Waals surface area (Å²) in [4.78, 5) is 45.9. The van der Waals surface area contributed by atoms with Crippen LogP contribution in [0.3, 0.4) is 0 Å². The number of aromatic nitrogens is 1. The number of methoxy groups -OCH3 is 1. The van der Waals surface area contributed by atoms with Crippen molar-refractivity contribution in [2.75, 3.05) is 44.7 Å². The van der Waals surface area contributed by atoms with Gasteiger partial charge in [0, 0.05) is 68.3 Å². The number of hydrogen-bond donors (Lipinski definition) is 0. The van der Waals surface area contributed by atoms with Gasteiger partial charge in [0.25, 0.3) is 10.0 Å². The summed E-state index contributed by atoms with van der Waals surface area (Å²) in [6.07, 6.45) is 2.02. The predicted octanol–water partition coefficient (Wildman–Crippen LogP) is 4.65. The monoisotopic (exact) mass is 777 g/mol. The largest absolute Gasteiger partial charge is 0.493 e. The Morgan fingerprint density at radius 3 is 2.47 bits per heavy atom. The average Bonchev–Trinajstić information content (AvgIpc) is 3.71. The quantitative estimate of drug-likeness (QED) is 0.189. The molecule has 6 rings (SSSR count). The Labute approximate surface area is 298 Å². The molecule has 2 aromatic heterocycles. The number of benzene rings is 1. The van der Waals surface area contributed by atoms with Gasteiger partial charge in [-0.3, -0.25) is 14.5 Å². The molecule has 0 spiro atoms. The van der Waals surface area contributed by atoms with Crippen molar-refractivity contribution in [1.82, 2.24) is 19.3 Å². The molecular formula is C31H32ClF4N5O8S2. The summed E-state index contributed by atoms with van der Waals surface area (Å²) >= 11 is 7.12. The van der Waals surface area contributed by atoms with Crippen LogP contribution in [0.5, 0.6) is 5.75 Å². The minimum Gasteiger partial charge on any atom is -0.493 e. The molecule has 13 nitrogen and oxygen atoms in total. The molecule has 51 heavy (non-hydrogen) atoms. The summed E-state index contributed by atoms with van der Waals surface area (Å²) in [5.41, 5.74) is -0.577. The number of halogens is 5. The fraction of sp³-hybridized carbons (Fsp3) is 0.484. The molecule has 0 radical (unpaired) electrons. The highest BCUT2D eigenvalue weighted by molar-refractivity contribution is 7.89. The number of piperidine rings is 1. The van der Waals surface area contributed by atoms with Gasteiger partial charge in [0.2, 0.25) is 11.8 Å². The zero-order valence-corrected chi connectivity index (χ0v) is 29.4. The van der Waals surface area contributed by atoms with E-state index in [4.69, 9.17) is 20.9 Å². The van der Waals surface area contributed by atoms with Gasteiger partial charge < -0.3 is 19.1 Å². The summed E-state index contributed by atoms with van der Waals surface area (Å²) in [6, 6.07) is -2.00. The van der Waals surface area contributed by atoms with Crippen LogP contribution in [-0.2, 0) is 35.8 Å². The fourth-order valence-electron chi connectivity index (χ4n) is 6.37. The number of sulfonamides is 1. The lowest BCUT2D eigenvalue weighted by Crippen LogP contribution is -2.62. The van der Waals surface area contributed by atoms with Crippen LogP contribution < -0.4 is 9.64 Å². The van der Waals surface area contributed by atoms with Crippen LogP contribution in [0.2, 0.25) is 4.34 Å². The van der Waals surface area contributed by atoms with Crippen LogP contribution >= 0.6 is 22.9 Å². The zero-order valence-electron chi connectivity index (χ0n) is 27.0. The number of carbonyl (C=O) groups excluding carboxylic acids is 3. The predicted molar refractivity (Wildman–Crippen MR) is 174 cm³/mol. The molecule has 1 aromatic carbocycles. The van der Waals surface area contributed by atoms with Crippen molar-refractivity contribution < 1.29 is 54.7 Å². The SMILES string of the molecule is COc1c(N2CCCCC2=O)cc(F)cc1S(=O)(=O)N([C@@H](Cc1cc(-c2ccc(Cl)s2)on1)C(=O)N1CCN(C2CC2)CC1)C(F)(F)C(=O)OF. The molecule has 0 N–H and O–H groups in total. The first kappa shape index (κ1) is 37.0. The van der Waals surface area contributed by atoms with Crippen molar-refractivity contribution in [3.05, 3.63) is 46.2 Å². The second kappa shape index (κ2) is 14.7. The molecule has 276 valence electrons. The van der Waals surface area contributed by atoms with Crippen LogP contribution in [0.1, 0.15) is 37.8 Å². The highest BCUT2D eigenvalue weighted by Gasteiger charge is 2.60. The number of ether oxygens (including phenoxy) is 1. The smallest absolute Gasteiger partial charge is 0.435 e. The maximum Gasteiger partial charge on any atom is 0.435 e. The van der Waals surface area contributed by atoms with Gasteiger partial charge in [0.05, 0.1) is 27.7 Å². The summed E-state index contributed by atoms with van der Waals surface area (Å²) < 4.78 is 100. The molecule has 2 amide bonds. The number of nitrogens with zero attached hydrogens (tertiary/aromatic N) is 5. The van der Waals surface area contributed by atoms with E-state index < -0.39 is 67.1 Å². The molecule has 0 bridgehead atoms. The van der Waals surface area contributed by atoms with Crippen molar-refractivity contribution in [2.45, 2.75) is 61.6 Å². The van der Waals surface area contributed by atoms with Gasteiger partial charge in [-0.2, -0.15) is 8.78 Å². The van der Waals surface area contributed by atoms with Crippen LogP contribution in [0.25, 0.3) is 10.6 Å². The average molecular weight is 778 g/mol. The van der Waals surface area contributed by atoms with E-state index in [1.807, 2.05) is 0 Å². The van der Waals surface area contributed by atoms with Crippen LogP contribution in [0.15, 0.2) is 39.8 Å². The van der Waals surface area contributed by atoms with Crippen LogP contribution in [0, 0.1) is 5.82 Å². The maximum absolute atomic E-state index is 16.2. The topological polar surface area (TPSA) is 143 Å². The molecule has 3 fully saturated rings. The molecule has 2 aliphatic heterocycles. The van der Waals surface area contributed by atoms with Crippen molar-refractivity contribution >= 4 is 56.4 Å². The van der Waals surface area contributed by atoms with E-state index in [1.165, 1.54) is 6.07 Å². The van der Waals surface area contributed by atoms with Gasteiger partial charge >= 0.3 is 12.0 Å². The number of alkyl halides is 2. The Balaban J connectivity index is 1.48. The number of hydrogen-bond acceptors (Lipinski definition) is 11. The molecular weight excluding hydrogens is 746 g/mol. The Hall–Kier alpha value is -3.78. The lowest BCUT2D eigenvalue weighted by Gasteiger charge is -2.40. The summed E-state index contributed by atoms with van der Waals surface area (Å²) in [5.74, 6) is -6.52. The number of amides is 2. The maximum atomic E-state index is 16.2. The second-order valence-corrected chi connectivity index (χ2v) is 15.8. The highest BCUT2D eigenvalue weighted by Crippen LogP contribution is 2.43. The molecule has 1 saturated carbocycles. The van der Waals surface area contributed by atoms with Gasteiger partial charge in [0.1, 0.15) is 16.8 Å². The first-order valence-electron chi connectivity index (χ1n) is 15.9. The second-order valence-electron chi connectivity index (χ2n) is 12.3. The molecule has 2 saturated heterocycles. The van der Waals surface area contributed by atoms with Gasteiger partial charge in [-0.25, -0.2) is 22.5 Å². The third-order valence-electron chi connectivity index (χ3n) is 8.98. The number of carbonyl (C=O) groups is 3. The summed E-state index contributed by atoms with van der Waals surface area (Å²) in [6.45, 7) is 0.778. The lowest BCUT2D eigenvalue weighted by molar-refractivity contribution is -0.230. The normalized spacial score (nSPS) is 18.3. The first-order chi connectivity index (χ1) is 24.3. The fourth-order valence-corrected chi connectivity index (χ4v) is 9.13. The lowest BCUT2D eigenvalue weighted by atomic mass is 10.1. The van der Waals surface area contributed by atoms with Crippen molar-refractivity contribution in [1.29, 1.82) is 0 Å². The molecule has 1 atom stereocenters. The summed E-state index contributed by atoms with van der Waals surface area (Å²) in [7, 11) is -4.97. The number of piperazine rings is 1. The molecule has 0 unspecified atom stereocenters. The van der Waals surface area contributed by atoms with E-state index in [0.717, 1.165) is 47.2 Å². The minimum absolute atomic E-state index is 0.0150. The highest BCUT2D eigenvalue weighted by atomic mass is 35.5. The molecule has 1 aliphatic carbocycles. The third kappa shape index (κ3) is 7.44. The van der Waals surface area contributed by atoms with E-state index in [1.54, 1.807) is 12.1 Å². The summed E-state index contributed by atoms with van der Waals surface area (Å²) in [5, 5.41) is 3.85. The molecule has 3 aliphatic rings. The van der Waals surface area contributed by atoms with E-state index >= 15 is 13.2 Å². The zero-order chi connectivity index (χ0) is 36.7. The van der Waals surface area contributed by atoms with Gasteiger partial charge in [0.15, 0.2) is 11.5 Å². The van der Waals surface area contributed by atoms with Gasteiger partial charge in [-0.15, -0.1) is 15.6 Å². The van der Waals surface area contributed by atoms with Gasteiger partial charge in [-0.05, 0) is 43.9 Å². The van der Waals surface area contributed by atoms with Crippen molar-refractivity contribution in [3.8, 4) is 16.4 Å². The number of anilines is 1. The van der Waals surface area contributed by atoms with Crippen LogP contribution in [-0.4, -0.2) is 103 Å². The Kier molecular flexibility index (Phi) is 10.7. The molecule has 4 heterocycles. The van der Waals surface area contributed by atoms with E-state index in [-0.39, 0.29) is 43.2 Å². The van der Waals surface area contributed by atoms with Crippen LogP contribution in [0.4, 0.5) is 23.4 Å². The Morgan fingerprint density at radius 1 is 1.14 bits per heavy atom. The third-order valence-corrected chi connectivity index (χ3v) is 12.1. The minimum atomic E-state index is -5.94. The molecule has 3 aromatic rings. The van der Waals surface area contributed by atoms with E-state index in [9.17, 15) is 27.3 Å². The first-order valence-corrected chi connectivity index (χ1v) is 18.6. The Morgan fingerprint density at radius 2 is 1.86 bits per heavy atom. The molecule has 20 heteroatoms.